The van der Waals surface area contributed by atoms with E-state index in [0.29, 0.717) is 34.0 Å². The molecule has 2 rings (SSSR count). The number of aliphatic carboxylic acids is 2. The molecule has 1 aromatic rings. The molecule has 150 valence electrons. The van der Waals surface area contributed by atoms with Gasteiger partial charge < -0.3 is 19.8 Å². The quantitative estimate of drug-likeness (QED) is 0.684. The molecule has 6 nitrogen and oxygen atoms in total. The molecule has 1 aromatic carbocycles. The molecule has 0 bridgehead atoms. The largest absolute Gasteiger partial charge is 0.478 e. The molecule has 0 aromatic heterocycles. The smallest absolute Gasteiger partial charge is 0.328 e. The van der Waals surface area contributed by atoms with Crippen LogP contribution in [0.4, 0.5) is 0 Å². The summed E-state index contributed by atoms with van der Waals surface area (Å²) >= 11 is 12.1. The molecular formula is C19H25Cl2NO5. The van der Waals surface area contributed by atoms with Crippen molar-refractivity contribution in [2.24, 2.45) is 5.92 Å². The van der Waals surface area contributed by atoms with Crippen molar-refractivity contribution >= 4 is 35.1 Å². The van der Waals surface area contributed by atoms with E-state index in [9.17, 15) is 9.59 Å². The van der Waals surface area contributed by atoms with Gasteiger partial charge in [-0.1, -0.05) is 29.3 Å². The van der Waals surface area contributed by atoms with Crippen molar-refractivity contribution in [1.82, 2.24) is 4.90 Å². The number of halogens is 2. The Labute approximate surface area is 169 Å². The van der Waals surface area contributed by atoms with Gasteiger partial charge >= 0.3 is 11.9 Å². The molecule has 0 saturated carbocycles. The van der Waals surface area contributed by atoms with Gasteiger partial charge in [-0.15, -0.1) is 0 Å². The predicted octanol–water partition coefficient (Wildman–Crippen LogP) is 3.78. The molecule has 0 spiro atoms. The summed E-state index contributed by atoms with van der Waals surface area (Å²) in [6, 6.07) is 6.01. The number of carboxylic acids is 2. The minimum absolute atomic E-state index is 0.512. The number of hydrogen-bond donors (Lipinski definition) is 2. The summed E-state index contributed by atoms with van der Waals surface area (Å²) in [5, 5.41) is 16.9. The Morgan fingerprint density at radius 3 is 2.37 bits per heavy atom. The molecule has 1 aliphatic rings. The number of nitrogens with zero attached hydrogens (tertiary/aromatic N) is 1. The highest BCUT2D eigenvalue weighted by Crippen LogP contribution is 2.35. The molecule has 1 fully saturated rings. The van der Waals surface area contributed by atoms with Crippen LogP contribution >= 0.6 is 23.2 Å². The average Bonchev–Trinajstić information content (AvgIpc) is 2.61. The van der Waals surface area contributed by atoms with Crippen molar-refractivity contribution in [2.45, 2.75) is 19.3 Å². The van der Waals surface area contributed by atoms with Gasteiger partial charge in [-0.2, -0.15) is 0 Å². The third-order valence-corrected chi connectivity index (χ3v) is 4.95. The standard InChI is InChI=1S/C15H21Cl2NO.C4H4O4/c1-3-19-10-12-9-18(2)7-6-13(12)11-4-5-14(16)15(17)8-11;5-3(6)1-2-4(7)8/h4-5,8,12-13H,3,6-7,9-10H2,1-2H3;1-2H,(H,5,6)(H,7,8). The maximum Gasteiger partial charge on any atom is 0.328 e. The number of carbonyl (C=O) groups is 2. The predicted molar refractivity (Wildman–Crippen MR) is 106 cm³/mol. The van der Waals surface area contributed by atoms with Crippen molar-refractivity contribution < 1.29 is 24.5 Å². The number of ether oxygens (including phenoxy) is 1. The van der Waals surface area contributed by atoms with E-state index in [1.165, 1.54) is 5.56 Å². The summed E-state index contributed by atoms with van der Waals surface area (Å²) in [6.07, 6.45) is 2.26. The molecule has 8 heteroatoms. The lowest BCUT2D eigenvalue weighted by atomic mass is 9.81. The van der Waals surface area contributed by atoms with Crippen LogP contribution in [0.15, 0.2) is 30.4 Å². The molecule has 2 atom stereocenters. The summed E-state index contributed by atoms with van der Waals surface area (Å²) in [6.45, 7) is 5.82. The lowest BCUT2D eigenvalue weighted by Gasteiger charge is -2.37. The van der Waals surface area contributed by atoms with Gasteiger partial charge in [0.15, 0.2) is 0 Å². The lowest BCUT2D eigenvalue weighted by Crippen LogP contribution is -2.39. The Morgan fingerprint density at radius 2 is 1.85 bits per heavy atom. The molecule has 1 aliphatic heterocycles. The summed E-state index contributed by atoms with van der Waals surface area (Å²) in [4.78, 5) is 21.5. The second-order valence-electron chi connectivity index (χ2n) is 6.26. The zero-order valence-corrected chi connectivity index (χ0v) is 16.9. The maximum atomic E-state index is 9.55. The van der Waals surface area contributed by atoms with Gasteiger partial charge in [-0.25, -0.2) is 9.59 Å². The van der Waals surface area contributed by atoms with Gasteiger partial charge in [0.05, 0.1) is 16.7 Å². The first-order chi connectivity index (χ1) is 12.7. The second-order valence-corrected chi connectivity index (χ2v) is 7.07. The molecule has 0 amide bonds. The number of benzene rings is 1. The summed E-state index contributed by atoms with van der Waals surface area (Å²) in [5.74, 6) is -1.48. The van der Waals surface area contributed by atoms with Crippen LogP contribution in [0.2, 0.25) is 10.0 Å². The fourth-order valence-corrected chi connectivity index (χ4v) is 3.28. The van der Waals surface area contributed by atoms with Gasteiger partial charge in [0.1, 0.15) is 0 Å². The van der Waals surface area contributed by atoms with Crippen molar-refractivity contribution in [3.63, 3.8) is 0 Å². The SMILES string of the molecule is CCOCC1CN(C)CCC1c1ccc(Cl)c(Cl)c1.O=C(O)C=CC(=O)O. The van der Waals surface area contributed by atoms with Gasteiger partial charge in [0, 0.05) is 31.2 Å². The van der Waals surface area contributed by atoms with Crippen molar-refractivity contribution in [1.29, 1.82) is 0 Å². The molecular weight excluding hydrogens is 393 g/mol. The monoisotopic (exact) mass is 417 g/mol. The fourth-order valence-electron chi connectivity index (χ4n) is 2.98. The highest BCUT2D eigenvalue weighted by molar-refractivity contribution is 6.42. The number of likely N-dealkylation sites (tertiary alicyclic amines) is 1. The highest BCUT2D eigenvalue weighted by Gasteiger charge is 2.29. The van der Waals surface area contributed by atoms with E-state index in [4.69, 9.17) is 38.2 Å². The van der Waals surface area contributed by atoms with Crippen molar-refractivity contribution in [3.05, 3.63) is 46.0 Å². The molecule has 1 saturated heterocycles. The van der Waals surface area contributed by atoms with E-state index in [-0.39, 0.29) is 0 Å². The Kier molecular flexibility index (Phi) is 10.4. The molecule has 0 aliphatic carbocycles. The van der Waals surface area contributed by atoms with Crippen LogP contribution in [0.25, 0.3) is 0 Å². The second kappa shape index (κ2) is 12.0. The Bertz CT molecular complexity index is 650. The van der Waals surface area contributed by atoms with E-state index < -0.39 is 11.9 Å². The van der Waals surface area contributed by atoms with E-state index in [0.717, 1.165) is 32.7 Å². The fraction of sp³-hybridized carbons (Fsp3) is 0.474. The lowest BCUT2D eigenvalue weighted by molar-refractivity contribution is -0.134. The van der Waals surface area contributed by atoms with Crippen LogP contribution in [0.1, 0.15) is 24.8 Å². The Hall–Kier alpha value is -1.60. The topological polar surface area (TPSA) is 87.1 Å². The minimum Gasteiger partial charge on any atom is -0.478 e. The van der Waals surface area contributed by atoms with Crippen molar-refractivity contribution in [2.75, 3.05) is 33.4 Å². The summed E-state index contributed by atoms with van der Waals surface area (Å²) in [5.41, 5.74) is 1.28. The van der Waals surface area contributed by atoms with Gasteiger partial charge in [0.2, 0.25) is 0 Å². The first-order valence-electron chi connectivity index (χ1n) is 8.59. The molecule has 2 unspecified atom stereocenters. The normalized spacial score (nSPS) is 20.1. The average molecular weight is 418 g/mol. The molecule has 2 N–H and O–H groups in total. The van der Waals surface area contributed by atoms with E-state index in [1.807, 2.05) is 19.1 Å². The third-order valence-electron chi connectivity index (χ3n) is 4.21. The molecule has 1 heterocycles. The highest BCUT2D eigenvalue weighted by atomic mass is 35.5. The Balaban J connectivity index is 0.000000387. The van der Waals surface area contributed by atoms with Crippen LogP contribution in [0, 0.1) is 5.92 Å². The van der Waals surface area contributed by atoms with Crippen LogP contribution < -0.4 is 0 Å². The van der Waals surface area contributed by atoms with E-state index >= 15 is 0 Å². The third kappa shape index (κ3) is 8.75. The van der Waals surface area contributed by atoms with Crippen LogP contribution in [0.3, 0.4) is 0 Å². The minimum atomic E-state index is -1.26. The number of carboxylic acid groups (broad SMARTS) is 2. The number of hydrogen-bond acceptors (Lipinski definition) is 4. The van der Waals surface area contributed by atoms with Crippen molar-refractivity contribution in [3.8, 4) is 0 Å². The number of piperidine rings is 1. The summed E-state index contributed by atoms with van der Waals surface area (Å²) in [7, 11) is 2.17. The zero-order chi connectivity index (χ0) is 20.4. The molecule has 27 heavy (non-hydrogen) atoms. The van der Waals surface area contributed by atoms with E-state index in [1.54, 1.807) is 0 Å². The Morgan fingerprint density at radius 1 is 1.22 bits per heavy atom. The van der Waals surface area contributed by atoms with Crippen LogP contribution in [-0.2, 0) is 14.3 Å². The van der Waals surface area contributed by atoms with Crippen LogP contribution in [-0.4, -0.2) is 60.4 Å². The van der Waals surface area contributed by atoms with Crippen LogP contribution in [0.5, 0.6) is 0 Å². The first kappa shape index (κ1) is 23.4. The van der Waals surface area contributed by atoms with E-state index in [2.05, 4.69) is 18.0 Å². The zero-order valence-electron chi connectivity index (χ0n) is 15.4. The van der Waals surface area contributed by atoms with Gasteiger partial charge in [-0.05, 0) is 50.6 Å². The maximum absolute atomic E-state index is 9.55. The summed E-state index contributed by atoms with van der Waals surface area (Å²) < 4.78 is 5.64. The first-order valence-corrected chi connectivity index (χ1v) is 9.35. The van der Waals surface area contributed by atoms with Gasteiger partial charge in [0.25, 0.3) is 0 Å². The van der Waals surface area contributed by atoms with Gasteiger partial charge in [-0.3, -0.25) is 0 Å². The number of rotatable bonds is 6. The molecule has 0 radical (unpaired) electrons.